The van der Waals surface area contributed by atoms with E-state index in [1.54, 1.807) is 18.3 Å². The van der Waals surface area contributed by atoms with Crippen LogP contribution in [0.1, 0.15) is 5.56 Å². The molecule has 3 heteroatoms. The molecule has 58 valence electrons. The Morgan fingerprint density at radius 1 is 1.42 bits per heavy atom. The number of nitriles is 1. The molecule has 1 heterocycles. The summed E-state index contributed by atoms with van der Waals surface area (Å²) in [5, 5.41) is 10.3. The van der Waals surface area contributed by atoms with Crippen LogP contribution in [0.3, 0.4) is 0 Å². The summed E-state index contributed by atoms with van der Waals surface area (Å²) in [5.74, 6) is 0. The van der Waals surface area contributed by atoms with E-state index in [1.165, 1.54) is 0 Å². The molecule has 0 atom stereocenters. The van der Waals surface area contributed by atoms with E-state index < -0.39 is 0 Å². The number of H-pyrrole nitrogens is 1. The van der Waals surface area contributed by atoms with Gasteiger partial charge in [-0.2, -0.15) is 5.26 Å². The van der Waals surface area contributed by atoms with Gasteiger partial charge in [-0.05, 0) is 18.2 Å². The van der Waals surface area contributed by atoms with Gasteiger partial charge >= 0.3 is 0 Å². The SMILES string of the molecule is N#Cc1cc(Cl)cc2[nH]ccc12. The molecule has 0 saturated carbocycles. The second-order valence-electron chi connectivity index (χ2n) is 2.50. The zero-order chi connectivity index (χ0) is 8.55. The molecule has 0 spiro atoms. The Morgan fingerprint density at radius 3 is 3.00 bits per heavy atom. The van der Waals surface area contributed by atoms with Crippen LogP contribution in [0.15, 0.2) is 24.4 Å². The van der Waals surface area contributed by atoms with Crippen molar-refractivity contribution in [1.82, 2.24) is 4.98 Å². The van der Waals surface area contributed by atoms with Crippen LogP contribution < -0.4 is 0 Å². The standard InChI is InChI=1S/C9H5ClN2/c10-7-3-6(5-11)8-1-2-12-9(8)4-7/h1-4,12H. The molecule has 1 aromatic carbocycles. The molecule has 1 N–H and O–H groups in total. The van der Waals surface area contributed by atoms with Crippen LogP contribution in [-0.4, -0.2) is 4.98 Å². The molecule has 2 aromatic rings. The Kier molecular flexibility index (Phi) is 1.53. The van der Waals surface area contributed by atoms with E-state index in [9.17, 15) is 0 Å². The van der Waals surface area contributed by atoms with E-state index in [4.69, 9.17) is 16.9 Å². The molecule has 0 aliphatic carbocycles. The van der Waals surface area contributed by atoms with Gasteiger partial charge in [0.15, 0.2) is 0 Å². The highest BCUT2D eigenvalue weighted by Gasteiger charge is 2.02. The monoisotopic (exact) mass is 176 g/mol. The van der Waals surface area contributed by atoms with Gasteiger partial charge in [-0.1, -0.05) is 11.6 Å². The lowest BCUT2D eigenvalue weighted by Crippen LogP contribution is -1.76. The van der Waals surface area contributed by atoms with Crippen LogP contribution in [-0.2, 0) is 0 Å². The molecule has 1 aromatic heterocycles. The minimum Gasteiger partial charge on any atom is -0.361 e. The summed E-state index contributed by atoms with van der Waals surface area (Å²) in [6.07, 6.45) is 1.79. The largest absolute Gasteiger partial charge is 0.361 e. The molecule has 0 radical (unpaired) electrons. The lowest BCUT2D eigenvalue weighted by Gasteiger charge is -1.94. The highest BCUT2D eigenvalue weighted by molar-refractivity contribution is 6.31. The molecule has 0 saturated heterocycles. The van der Waals surface area contributed by atoms with Crippen molar-refractivity contribution in [2.75, 3.05) is 0 Å². The van der Waals surface area contributed by atoms with Gasteiger partial charge in [-0.15, -0.1) is 0 Å². The summed E-state index contributed by atoms with van der Waals surface area (Å²) >= 11 is 5.79. The number of hydrogen-bond donors (Lipinski definition) is 1. The maximum absolute atomic E-state index is 8.76. The molecule has 0 fully saturated rings. The van der Waals surface area contributed by atoms with Crippen molar-refractivity contribution in [3.63, 3.8) is 0 Å². The Bertz CT molecular complexity index is 465. The molecule has 0 unspecified atom stereocenters. The van der Waals surface area contributed by atoms with Crippen LogP contribution in [0.2, 0.25) is 5.02 Å². The van der Waals surface area contributed by atoms with E-state index >= 15 is 0 Å². The van der Waals surface area contributed by atoms with E-state index in [0.29, 0.717) is 10.6 Å². The number of aromatic nitrogens is 1. The van der Waals surface area contributed by atoms with Crippen molar-refractivity contribution in [3.05, 3.63) is 35.0 Å². The predicted octanol–water partition coefficient (Wildman–Crippen LogP) is 2.69. The van der Waals surface area contributed by atoms with Gasteiger partial charge < -0.3 is 4.98 Å². The number of rotatable bonds is 0. The summed E-state index contributed by atoms with van der Waals surface area (Å²) in [7, 11) is 0. The molecule has 0 aliphatic heterocycles. The smallest absolute Gasteiger partial charge is 0.0999 e. The van der Waals surface area contributed by atoms with E-state index in [0.717, 1.165) is 10.9 Å². The first-order chi connectivity index (χ1) is 5.81. The van der Waals surface area contributed by atoms with Gasteiger partial charge in [0, 0.05) is 22.1 Å². The molecule has 0 amide bonds. The van der Waals surface area contributed by atoms with Crippen molar-refractivity contribution in [2.24, 2.45) is 0 Å². The van der Waals surface area contributed by atoms with Crippen molar-refractivity contribution in [3.8, 4) is 6.07 Å². The van der Waals surface area contributed by atoms with Crippen molar-refractivity contribution >= 4 is 22.5 Å². The third kappa shape index (κ3) is 0.956. The number of halogens is 1. The van der Waals surface area contributed by atoms with Gasteiger partial charge in [0.25, 0.3) is 0 Å². The van der Waals surface area contributed by atoms with Crippen LogP contribution in [0.4, 0.5) is 0 Å². The molecular formula is C9H5ClN2. The highest BCUT2D eigenvalue weighted by Crippen LogP contribution is 2.21. The number of benzene rings is 1. The Labute approximate surface area is 74.4 Å². The zero-order valence-electron chi connectivity index (χ0n) is 6.13. The lowest BCUT2D eigenvalue weighted by atomic mass is 10.1. The average molecular weight is 177 g/mol. The Hall–Kier alpha value is -1.46. The minimum atomic E-state index is 0.585. The molecule has 12 heavy (non-hydrogen) atoms. The molecule has 2 nitrogen and oxygen atoms in total. The van der Waals surface area contributed by atoms with Crippen LogP contribution in [0.25, 0.3) is 10.9 Å². The number of nitrogens with zero attached hydrogens (tertiary/aromatic N) is 1. The molecule has 2 rings (SSSR count). The summed E-state index contributed by atoms with van der Waals surface area (Å²) in [5.41, 5.74) is 1.51. The number of nitrogens with one attached hydrogen (secondary N) is 1. The normalized spacial score (nSPS) is 10.0. The zero-order valence-corrected chi connectivity index (χ0v) is 6.89. The van der Waals surface area contributed by atoms with Gasteiger partial charge in [-0.3, -0.25) is 0 Å². The van der Waals surface area contributed by atoms with Gasteiger partial charge in [-0.25, -0.2) is 0 Å². The van der Waals surface area contributed by atoms with E-state index in [2.05, 4.69) is 11.1 Å². The predicted molar refractivity (Wildman–Crippen MR) is 48.0 cm³/mol. The fourth-order valence-electron chi connectivity index (χ4n) is 1.22. The number of fused-ring (bicyclic) bond motifs is 1. The maximum atomic E-state index is 8.76. The first-order valence-corrected chi connectivity index (χ1v) is 3.86. The lowest BCUT2D eigenvalue weighted by molar-refractivity contribution is 1.47. The highest BCUT2D eigenvalue weighted by atomic mass is 35.5. The second-order valence-corrected chi connectivity index (χ2v) is 2.94. The van der Waals surface area contributed by atoms with Crippen LogP contribution in [0, 0.1) is 11.3 Å². The summed E-state index contributed by atoms with van der Waals surface area (Å²) in [6, 6.07) is 7.43. The maximum Gasteiger partial charge on any atom is 0.0999 e. The third-order valence-electron chi connectivity index (χ3n) is 1.75. The van der Waals surface area contributed by atoms with E-state index in [1.807, 2.05) is 6.07 Å². The van der Waals surface area contributed by atoms with Crippen LogP contribution in [0.5, 0.6) is 0 Å². The molecular weight excluding hydrogens is 172 g/mol. The van der Waals surface area contributed by atoms with Crippen molar-refractivity contribution in [2.45, 2.75) is 0 Å². The molecule has 0 bridgehead atoms. The second kappa shape index (κ2) is 2.54. The first-order valence-electron chi connectivity index (χ1n) is 3.48. The summed E-state index contributed by atoms with van der Waals surface area (Å²) in [4.78, 5) is 3.00. The average Bonchev–Trinajstić information content (AvgIpc) is 2.50. The van der Waals surface area contributed by atoms with Crippen LogP contribution >= 0.6 is 11.6 Å². The van der Waals surface area contributed by atoms with Gasteiger partial charge in [0.2, 0.25) is 0 Å². The van der Waals surface area contributed by atoms with Crippen molar-refractivity contribution < 1.29 is 0 Å². The fraction of sp³-hybridized carbons (Fsp3) is 0. The number of aromatic amines is 1. The van der Waals surface area contributed by atoms with Gasteiger partial charge in [0.05, 0.1) is 11.6 Å². The Balaban J connectivity index is 2.91. The summed E-state index contributed by atoms with van der Waals surface area (Å²) in [6.45, 7) is 0. The number of hydrogen-bond acceptors (Lipinski definition) is 1. The topological polar surface area (TPSA) is 39.6 Å². The minimum absolute atomic E-state index is 0.585. The van der Waals surface area contributed by atoms with Crippen molar-refractivity contribution in [1.29, 1.82) is 5.26 Å². The first kappa shape index (κ1) is 7.20. The van der Waals surface area contributed by atoms with Gasteiger partial charge in [0.1, 0.15) is 0 Å². The quantitative estimate of drug-likeness (QED) is 0.659. The van der Waals surface area contributed by atoms with E-state index in [-0.39, 0.29) is 0 Å². The third-order valence-corrected chi connectivity index (χ3v) is 1.97. The Morgan fingerprint density at radius 2 is 2.25 bits per heavy atom. The fourth-order valence-corrected chi connectivity index (χ4v) is 1.44. The summed E-state index contributed by atoms with van der Waals surface area (Å²) < 4.78 is 0. The molecule has 0 aliphatic rings.